The number of carbonyl (C=O) groups excluding carboxylic acids is 1. The Morgan fingerprint density at radius 3 is 2.60 bits per heavy atom. The van der Waals surface area contributed by atoms with Gasteiger partial charge in [0.05, 0.1) is 22.7 Å². The van der Waals surface area contributed by atoms with Gasteiger partial charge in [0.25, 0.3) is 0 Å². The molecule has 1 amide bonds. The molecule has 5 nitrogen and oxygen atoms in total. The van der Waals surface area contributed by atoms with Gasteiger partial charge in [-0.2, -0.15) is 10.1 Å². The van der Waals surface area contributed by atoms with E-state index >= 15 is 0 Å². The Labute approximate surface area is 147 Å². The van der Waals surface area contributed by atoms with Crippen LogP contribution in [-0.2, 0) is 0 Å². The first-order chi connectivity index (χ1) is 12.3. The van der Waals surface area contributed by atoms with Crippen LogP contribution >= 0.6 is 11.3 Å². The van der Waals surface area contributed by atoms with Crippen molar-refractivity contribution in [3.63, 3.8) is 0 Å². The van der Waals surface area contributed by atoms with Crippen LogP contribution in [0.5, 0.6) is 0 Å². The lowest BCUT2D eigenvalue weighted by molar-refractivity contribution is 0.0961. The van der Waals surface area contributed by atoms with E-state index in [-0.39, 0.29) is 11.7 Å². The van der Waals surface area contributed by atoms with Crippen molar-refractivity contribution >= 4 is 38.8 Å². The van der Waals surface area contributed by atoms with E-state index in [0.29, 0.717) is 5.13 Å². The van der Waals surface area contributed by atoms with Gasteiger partial charge in [-0.05, 0) is 29.8 Å². The summed E-state index contributed by atoms with van der Waals surface area (Å²) in [6, 6.07) is 20.6. The molecular formula is C19H13N3O2S. The highest BCUT2D eigenvalue weighted by molar-refractivity contribution is 7.22. The number of rotatable bonds is 4. The minimum absolute atomic E-state index is 0.212. The molecule has 0 atom stereocenters. The molecule has 4 rings (SSSR count). The maximum atomic E-state index is 12.8. The number of hydrogen-bond donors (Lipinski definition) is 0. The fourth-order valence-electron chi connectivity index (χ4n) is 2.31. The minimum Gasteiger partial charge on any atom is -0.459 e. The van der Waals surface area contributed by atoms with Crippen LogP contribution in [0, 0.1) is 0 Å². The molecule has 0 aliphatic carbocycles. The van der Waals surface area contributed by atoms with E-state index < -0.39 is 0 Å². The highest BCUT2D eigenvalue weighted by Gasteiger charge is 2.22. The summed E-state index contributed by atoms with van der Waals surface area (Å²) in [6.07, 6.45) is 3.09. The van der Waals surface area contributed by atoms with Gasteiger partial charge in [-0.15, -0.1) is 0 Å². The van der Waals surface area contributed by atoms with Crippen LogP contribution in [0.2, 0.25) is 0 Å². The van der Waals surface area contributed by atoms with Gasteiger partial charge in [-0.1, -0.05) is 53.8 Å². The van der Waals surface area contributed by atoms with Crippen molar-refractivity contribution < 1.29 is 9.21 Å². The lowest BCUT2D eigenvalue weighted by Gasteiger charge is -2.11. The predicted molar refractivity (Wildman–Crippen MR) is 99.2 cm³/mol. The Kier molecular flexibility index (Phi) is 4.10. The molecule has 0 fully saturated rings. The fourth-order valence-corrected chi connectivity index (χ4v) is 3.23. The zero-order valence-corrected chi connectivity index (χ0v) is 13.9. The first-order valence-electron chi connectivity index (χ1n) is 7.64. The van der Waals surface area contributed by atoms with E-state index in [1.165, 1.54) is 22.6 Å². The molecule has 0 N–H and O–H groups in total. The predicted octanol–water partition coefficient (Wildman–Crippen LogP) is 4.57. The van der Waals surface area contributed by atoms with Crippen molar-refractivity contribution in [2.75, 3.05) is 5.01 Å². The molecule has 2 aromatic heterocycles. The Bertz CT molecular complexity index is 990. The molecule has 122 valence electrons. The maximum absolute atomic E-state index is 12.8. The zero-order chi connectivity index (χ0) is 17.1. The van der Waals surface area contributed by atoms with Gasteiger partial charge in [0.1, 0.15) is 0 Å². The van der Waals surface area contributed by atoms with Crippen LogP contribution in [0.15, 0.2) is 82.5 Å². The standard InChI is InChI=1S/C19H13N3O2S/c23-18(16-10-6-12-24-16)22(20-13-14-7-2-1-3-8-14)19-21-15-9-4-5-11-17(15)25-19/h1-13H/b20-13-. The lowest BCUT2D eigenvalue weighted by Crippen LogP contribution is -2.25. The summed E-state index contributed by atoms with van der Waals surface area (Å²) in [4.78, 5) is 17.3. The quantitative estimate of drug-likeness (QED) is 0.401. The molecule has 25 heavy (non-hydrogen) atoms. The topological polar surface area (TPSA) is 58.7 Å². The van der Waals surface area contributed by atoms with Crippen molar-refractivity contribution in [2.45, 2.75) is 0 Å². The number of nitrogens with zero attached hydrogens (tertiary/aromatic N) is 3. The number of hydrogen-bond acceptors (Lipinski definition) is 5. The molecule has 0 spiro atoms. The van der Waals surface area contributed by atoms with Crippen LogP contribution in [0.25, 0.3) is 10.2 Å². The van der Waals surface area contributed by atoms with Crippen molar-refractivity contribution in [1.82, 2.24) is 4.98 Å². The first kappa shape index (κ1) is 15.3. The van der Waals surface area contributed by atoms with Gasteiger partial charge in [0.2, 0.25) is 5.13 Å². The lowest BCUT2D eigenvalue weighted by atomic mass is 10.2. The van der Waals surface area contributed by atoms with E-state index in [0.717, 1.165) is 15.8 Å². The molecule has 0 unspecified atom stereocenters. The van der Waals surface area contributed by atoms with E-state index in [9.17, 15) is 4.79 Å². The normalized spacial score (nSPS) is 11.2. The van der Waals surface area contributed by atoms with Crippen molar-refractivity contribution in [1.29, 1.82) is 0 Å². The third kappa shape index (κ3) is 3.20. The molecule has 0 radical (unpaired) electrons. The van der Waals surface area contributed by atoms with Crippen LogP contribution < -0.4 is 5.01 Å². The van der Waals surface area contributed by atoms with Gasteiger partial charge >= 0.3 is 5.91 Å². The van der Waals surface area contributed by atoms with Crippen LogP contribution in [0.4, 0.5) is 5.13 Å². The number of carbonyl (C=O) groups is 1. The van der Waals surface area contributed by atoms with E-state index in [4.69, 9.17) is 4.42 Å². The van der Waals surface area contributed by atoms with Gasteiger partial charge in [-0.3, -0.25) is 4.79 Å². The second-order valence-electron chi connectivity index (χ2n) is 5.21. The van der Waals surface area contributed by atoms with Crippen LogP contribution in [0.1, 0.15) is 16.1 Å². The average Bonchev–Trinajstić information content (AvgIpc) is 3.32. The van der Waals surface area contributed by atoms with E-state index in [1.54, 1.807) is 18.3 Å². The monoisotopic (exact) mass is 347 g/mol. The highest BCUT2D eigenvalue weighted by atomic mass is 32.1. The van der Waals surface area contributed by atoms with E-state index in [2.05, 4.69) is 10.1 Å². The molecule has 2 aromatic carbocycles. The van der Waals surface area contributed by atoms with Crippen molar-refractivity contribution in [3.8, 4) is 0 Å². The Hall–Kier alpha value is -3.25. The van der Waals surface area contributed by atoms with Gasteiger partial charge in [0.15, 0.2) is 5.76 Å². The SMILES string of the molecule is O=C(c1ccco1)N(/N=C\c1ccccc1)c1nc2ccccc2s1. The minimum atomic E-state index is -0.365. The van der Waals surface area contributed by atoms with Gasteiger partial charge in [-0.25, -0.2) is 4.98 Å². The van der Waals surface area contributed by atoms with Crippen molar-refractivity contribution in [3.05, 3.63) is 84.3 Å². The molecule has 0 aliphatic rings. The summed E-state index contributed by atoms with van der Waals surface area (Å²) in [5.74, 6) is -0.152. The van der Waals surface area contributed by atoms with Gasteiger partial charge in [0, 0.05) is 0 Å². The molecule has 4 aromatic rings. The summed E-state index contributed by atoms with van der Waals surface area (Å²) in [6.45, 7) is 0. The number of hydrazone groups is 1. The summed E-state index contributed by atoms with van der Waals surface area (Å²) >= 11 is 1.40. The Balaban J connectivity index is 1.75. The zero-order valence-electron chi connectivity index (χ0n) is 13.1. The van der Waals surface area contributed by atoms with E-state index in [1.807, 2.05) is 54.6 Å². The molecule has 0 saturated heterocycles. The largest absolute Gasteiger partial charge is 0.459 e. The fraction of sp³-hybridized carbons (Fsp3) is 0. The first-order valence-corrected chi connectivity index (χ1v) is 8.45. The summed E-state index contributed by atoms with van der Waals surface area (Å²) in [5, 5.41) is 6.13. The molecular weight excluding hydrogens is 334 g/mol. The second-order valence-corrected chi connectivity index (χ2v) is 6.22. The number of amides is 1. The highest BCUT2D eigenvalue weighted by Crippen LogP contribution is 2.29. The number of benzene rings is 2. The molecule has 6 heteroatoms. The summed E-state index contributed by atoms with van der Waals surface area (Å²) in [7, 11) is 0. The Morgan fingerprint density at radius 2 is 1.84 bits per heavy atom. The summed E-state index contributed by atoms with van der Waals surface area (Å²) < 4.78 is 6.23. The summed E-state index contributed by atoms with van der Waals surface area (Å²) in [5.41, 5.74) is 1.72. The average molecular weight is 347 g/mol. The maximum Gasteiger partial charge on any atom is 0.316 e. The molecule has 0 saturated carbocycles. The third-order valence-electron chi connectivity index (χ3n) is 3.51. The number of aromatic nitrogens is 1. The van der Waals surface area contributed by atoms with Crippen LogP contribution in [0.3, 0.4) is 0 Å². The molecule has 0 bridgehead atoms. The Morgan fingerprint density at radius 1 is 1.04 bits per heavy atom. The number of anilines is 1. The smallest absolute Gasteiger partial charge is 0.316 e. The number of thiazole rings is 1. The third-order valence-corrected chi connectivity index (χ3v) is 4.52. The number of fused-ring (bicyclic) bond motifs is 1. The second kappa shape index (κ2) is 6.70. The number of furan rings is 1. The number of para-hydroxylation sites is 1. The van der Waals surface area contributed by atoms with Gasteiger partial charge < -0.3 is 4.42 Å². The molecule has 2 heterocycles. The van der Waals surface area contributed by atoms with Crippen molar-refractivity contribution in [2.24, 2.45) is 5.10 Å². The molecule has 0 aliphatic heterocycles. The van der Waals surface area contributed by atoms with Crippen LogP contribution in [-0.4, -0.2) is 17.1 Å².